The molecule has 0 bridgehead atoms. The summed E-state index contributed by atoms with van der Waals surface area (Å²) in [5, 5.41) is 30.4. The molecular weight excluding hydrogens is 400 g/mol. The molecule has 3 aromatic rings. The molecule has 0 aliphatic carbocycles. The molecule has 1 atom stereocenters. The second-order valence-corrected chi connectivity index (χ2v) is 7.94. The number of alkyl halides is 1. The Morgan fingerprint density at radius 2 is 2.15 bits per heavy atom. The van der Waals surface area contributed by atoms with Crippen molar-refractivity contribution in [2.24, 2.45) is 0 Å². The van der Waals surface area contributed by atoms with Gasteiger partial charge in [-0.1, -0.05) is 29.3 Å². The molecule has 0 aliphatic rings. The topological polar surface area (TPSA) is 69.8 Å². The van der Waals surface area contributed by atoms with Gasteiger partial charge in [0.1, 0.15) is 11.3 Å². The number of aromatic nitrogens is 2. The highest BCUT2D eigenvalue weighted by Gasteiger charge is 2.36. The number of fused-ring (bicyclic) bond motifs is 1. The van der Waals surface area contributed by atoms with Crippen molar-refractivity contribution in [3.05, 3.63) is 49.9 Å². The van der Waals surface area contributed by atoms with E-state index in [1.54, 1.807) is 24.3 Å². The zero-order valence-corrected chi connectivity index (χ0v) is 16.5. The summed E-state index contributed by atoms with van der Waals surface area (Å²) in [4.78, 5) is 1.12. The van der Waals surface area contributed by atoms with Crippen molar-refractivity contribution in [1.82, 2.24) is 9.61 Å². The number of aryl methyl sites for hydroxylation is 1. The number of halogens is 3. The van der Waals surface area contributed by atoms with Crippen LogP contribution in [-0.2, 0) is 12.3 Å². The highest BCUT2D eigenvalue weighted by Crippen LogP contribution is 2.39. The van der Waals surface area contributed by atoms with Crippen molar-refractivity contribution >= 4 is 45.7 Å². The number of nitrogens with zero attached hydrogens (tertiary/aromatic N) is 2. The van der Waals surface area contributed by atoms with Crippen LogP contribution in [0.3, 0.4) is 0 Å². The summed E-state index contributed by atoms with van der Waals surface area (Å²) in [6, 6.07) is 5.60. The highest BCUT2D eigenvalue weighted by atomic mass is 35.5. The van der Waals surface area contributed by atoms with Crippen LogP contribution in [0.1, 0.15) is 29.3 Å². The second kappa shape index (κ2) is 7.32. The van der Waals surface area contributed by atoms with E-state index in [2.05, 4.69) is 10.4 Å². The van der Waals surface area contributed by atoms with Gasteiger partial charge in [0, 0.05) is 23.9 Å². The fourth-order valence-corrected chi connectivity index (χ4v) is 4.29. The minimum atomic E-state index is -2.42. The molecule has 0 saturated carbocycles. The van der Waals surface area contributed by atoms with Crippen molar-refractivity contribution < 1.29 is 14.6 Å². The Morgan fingerprint density at radius 3 is 2.77 bits per heavy atom. The fraction of sp³-hybridized carbons (Fsp3) is 0.353. The molecule has 3 heterocycles. The van der Waals surface area contributed by atoms with Gasteiger partial charge in [0.15, 0.2) is 10.9 Å². The van der Waals surface area contributed by atoms with Crippen LogP contribution in [-0.4, -0.2) is 26.0 Å². The standard InChI is InChI=1S/C17H18Cl2FN3O2S/c1-9(20)7-17(24,25)14-10(2)15-12(21-8-11-4-3-5-26-11)6-13(18)22-23(15)16(14)19/h3-6,9,21,24-25H,7-8H2,1-2H3. The molecule has 5 nitrogen and oxygen atoms in total. The monoisotopic (exact) mass is 417 g/mol. The van der Waals surface area contributed by atoms with E-state index in [0.29, 0.717) is 23.3 Å². The summed E-state index contributed by atoms with van der Waals surface area (Å²) in [6.07, 6.45) is -1.92. The number of nitrogens with one attached hydrogen (secondary N) is 1. The van der Waals surface area contributed by atoms with Gasteiger partial charge in [-0.3, -0.25) is 0 Å². The number of hydrogen-bond acceptors (Lipinski definition) is 5. The molecule has 0 radical (unpaired) electrons. The molecule has 140 valence electrons. The summed E-state index contributed by atoms with van der Waals surface area (Å²) in [5.41, 5.74) is 1.73. The number of anilines is 1. The molecule has 0 aromatic carbocycles. The summed E-state index contributed by atoms with van der Waals surface area (Å²) >= 11 is 14.1. The van der Waals surface area contributed by atoms with E-state index < -0.39 is 18.4 Å². The summed E-state index contributed by atoms with van der Waals surface area (Å²) in [5.74, 6) is -2.42. The predicted molar refractivity (Wildman–Crippen MR) is 103 cm³/mol. The third kappa shape index (κ3) is 3.68. The number of aliphatic hydroxyl groups is 2. The maximum absolute atomic E-state index is 13.4. The predicted octanol–water partition coefficient (Wildman–Crippen LogP) is 4.51. The molecule has 3 N–H and O–H groups in total. The molecule has 3 aromatic heterocycles. The lowest BCUT2D eigenvalue weighted by Gasteiger charge is -2.23. The SMILES string of the molecule is Cc1c(C(O)(O)CC(C)F)c(Cl)n2nc(Cl)cc(NCc3cccs3)c12. The Kier molecular flexibility index (Phi) is 5.46. The lowest BCUT2D eigenvalue weighted by atomic mass is 9.99. The van der Waals surface area contributed by atoms with Crippen LogP contribution >= 0.6 is 34.5 Å². The first-order valence-corrected chi connectivity index (χ1v) is 9.57. The Balaban J connectivity index is 2.11. The molecule has 26 heavy (non-hydrogen) atoms. The Bertz CT molecular complexity index is 926. The van der Waals surface area contributed by atoms with Gasteiger partial charge in [0.05, 0.1) is 16.8 Å². The Morgan fingerprint density at radius 1 is 1.42 bits per heavy atom. The van der Waals surface area contributed by atoms with E-state index in [1.807, 2.05) is 17.5 Å². The lowest BCUT2D eigenvalue weighted by molar-refractivity contribution is -0.182. The first-order valence-electron chi connectivity index (χ1n) is 7.93. The van der Waals surface area contributed by atoms with Crippen molar-refractivity contribution in [2.75, 3.05) is 5.32 Å². The number of hydrogen-bond donors (Lipinski definition) is 3. The van der Waals surface area contributed by atoms with Crippen LogP contribution in [0.4, 0.5) is 10.1 Å². The van der Waals surface area contributed by atoms with Crippen LogP contribution < -0.4 is 5.32 Å². The molecule has 0 saturated heterocycles. The minimum absolute atomic E-state index is 0.00942. The van der Waals surface area contributed by atoms with Crippen LogP contribution in [0.25, 0.3) is 5.52 Å². The van der Waals surface area contributed by atoms with Gasteiger partial charge in [-0.05, 0) is 30.9 Å². The molecule has 0 fully saturated rings. The fourth-order valence-electron chi connectivity index (χ4n) is 3.05. The van der Waals surface area contributed by atoms with E-state index >= 15 is 0 Å². The van der Waals surface area contributed by atoms with E-state index in [0.717, 1.165) is 4.88 Å². The van der Waals surface area contributed by atoms with Crippen LogP contribution in [0.5, 0.6) is 0 Å². The third-order valence-corrected chi connectivity index (χ3v) is 5.46. The van der Waals surface area contributed by atoms with E-state index in [1.165, 1.54) is 11.4 Å². The average molecular weight is 418 g/mol. The van der Waals surface area contributed by atoms with Gasteiger partial charge in [0.25, 0.3) is 0 Å². The van der Waals surface area contributed by atoms with Crippen molar-refractivity contribution in [2.45, 2.75) is 38.8 Å². The van der Waals surface area contributed by atoms with Crippen LogP contribution in [0, 0.1) is 6.92 Å². The van der Waals surface area contributed by atoms with Crippen molar-refractivity contribution in [1.29, 1.82) is 0 Å². The number of thiophene rings is 1. The smallest absolute Gasteiger partial charge is 0.195 e. The molecule has 0 amide bonds. The second-order valence-electron chi connectivity index (χ2n) is 6.17. The normalized spacial score (nSPS) is 13.3. The molecule has 9 heteroatoms. The quantitative estimate of drug-likeness (QED) is 0.516. The van der Waals surface area contributed by atoms with Crippen LogP contribution in [0.2, 0.25) is 10.3 Å². The summed E-state index contributed by atoms with van der Waals surface area (Å²) in [7, 11) is 0. The Labute approximate surface area is 164 Å². The first kappa shape index (κ1) is 19.4. The minimum Gasteiger partial charge on any atom is -0.378 e. The van der Waals surface area contributed by atoms with Gasteiger partial charge in [0.2, 0.25) is 0 Å². The van der Waals surface area contributed by atoms with Crippen LogP contribution in [0.15, 0.2) is 23.6 Å². The molecule has 1 unspecified atom stereocenters. The van der Waals surface area contributed by atoms with Gasteiger partial charge >= 0.3 is 0 Å². The lowest BCUT2D eigenvalue weighted by Crippen LogP contribution is -2.29. The summed E-state index contributed by atoms with van der Waals surface area (Å²) in [6.45, 7) is 3.51. The zero-order chi connectivity index (χ0) is 19.1. The zero-order valence-electron chi connectivity index (χ0n) is 14.1. The number of rotatable bonds is 6. The molecule has 3 rings (SSSR count). The highest BCUT2D eigenvalue weighted by molar-refractivity contribution is 7.09. The van der Waals surface area contributed by atoms with Gasteiger partial charge in [-0.2, -0.15) is 5.10 Å². The molecule has 0 spiro atoms. The maximum atomic E-state index is 13.4. The maximum Gasteiger partial charge on any atom is 0.195 e. The molecule has 0 aliphatic heterocycles. The third-order valence-electron chi connectivity index (χ3n) is 4.05. The van der Waals surface area contributed by atoms with E-state index in [-0.39, 0.29) is 15.9 Å². The largest absolute Gasteiger partial charge is 0.378 e. The van der Waals surface area contributed by atoms with Crippen molar-refractivity contribution in [3.63, 3.8) is 0 Å². The molecular formula is C17H18Cl2FN3O2S. The first-order chi connectivity index (χ1) is 12.2. The van der Waals surface area contributed by atoms with Gasteiger partial charge in [-0.15, -0.1) is 11.3 Å². The van der Waals surface area contributed by atoms with Gasteiger partial charge in [-0.25, -0.2) is 8.91 Å². The van der Waals surface area contributed by atoms with Crippen molar-refractivity contribution in [3.8, 4) is 0 Å². The van der Waals surface area contributed by atoms with Gasteiger partial charge < -0.3 is 15.5 Å². The Hall–Kier alpha value is -1.38. The summed E-state index contributed by atoms with van der Waals surface area (Å²) < 4.78 is 14.7. The van der Waals surface area contributed by atoms with E-state index in [9.17, 15) is 14.6 Å². The average Bonchev–Trinajstić information content (AvgIpc) is 3.11. The van der Waals surface area contributed by atoms with E-state index in [4.69, 9.17) is 23.2 Å².